The topological polar surface area (TPSA) is 124 Å². The van der Waals surface area contributed by atoms with E-state index < -0.39 is 41.6 Å². The normalized spacial score (nSPS) is 16.9. The summed E-state index contributed by atoms with van der Waals surface area (Å²) in [5.41, 5.74) is 12.4. The number of hydrogen-bond acceptors (Lipinski definition) is 6. The molecule has 2 aromatic carbocycles. The average molecular weight is 601 g/mol. The van der Waals surface area contributed by atoms with E-state index in [1.807, 2.05) is 6.08 Å². The molecule has 0 aliphatic heterocycles. The molecule has 0 radical (unpaired) electrons. The Morgan fingerprint density at radius 2 is 1.88 bits per heavy atom. The molecule has 0 fully saturated rings. The zero-order chi connectivity index (χ0) is 28.3. The maximum absolute atomic E-state index is 14.4. The molecule has 1 aliphatic carbocycles. The molecule has 214 valence electrons. The second-order valence-corrected chi connectivity index (χ2v) is 9.67. The van der Waals surface area contributed by atoms with Crippen molar-refractivity contribution in [1.29, 1.82) is 0 Å². The van der Waals surface area contributed by atoms with E-state index in [4.69, 9.17) is 32.9 Å². The van der Waals surface area contributed by atoms with Crippen LogP contribution in [0.1, 0.15) is 43.0 Å². The van der Waals surface area contributed by atoms with Gasteiger partial charge in [0.1, 0.15) is 11.9 Å². The molecule has 3 atom stereocenters. The van der Waals surface area contributed by atoms with Crippen molar-refractivity contribution in [3.63, 3.8) is 0 Å². The Balaban J connectivity index is 0.00000441. The molecule has 1 heterocycles. The fourth-order valence-electron chi connectivity index (χ4n) is 4.54. The van der Waals surface area contributed by atoms with Crippen molar-refractivity contribution in [2.45, 2.75) is 44.0 Å². The SMILES string of the molecule is Cl.Nc1nc(OC(c2cc(F)c(Cl)cc2-c2ccccc2)C(F)(F)F)cc(C2=CCC(C[C@H](N)C(=O)O)CC2)n1. The molecule has 0 amide bonds. The number of nitrogen functional groups attached to an aromatic ring is 1. The molecule has 5 N–H and O–H groups in total. The molecule has 1 aromatic heterocycles. The van der Waals surface area contributed by atoms with Crippen LogP contribution in [0.3, 0.4) is 0 Å². The van der Waals surface area contributed by atoms with Gasteiger partial charge >= 0.3 is 12.1 Å². The summed E-state index contributed by atoms with van der Waals surface area (Å²) in [5, 5.41) is 8.70. The van der Waals surface area contributed by atoms with Crippen LogP contribution in [0.4, 0.5) is 23.5 Å². The third-order valence-corrected chi connectivity index (χ3v) is 6.76. The standard InChI is InChI=1S/C27H25ClF4N4O3.ClH/c28-19-11-17(15-4-2-1-3-5-15)18(12-20(19)29)24(27(30,31)32)39-23-13-22(35-26(34)36-23)16-8-6-14(7-9-16)10-21(33)25(37)38;/h1-5,8,11-14,21,24H,6-7,9-10,33H2,(H,37,38)(H2,34,35,36);1H/t14?,21-,24?;/m0./s1. The number of anilines is 1. The number of halogens is 6. The highest BCUT2D eigenvalue weighted by Crippen LogP contribution is 2.43. The molecule has 0 saturated carbocycles. The zero-order valence-electron chi connectivity index (χ0n) is 20.9. The van der Waals surface area contributed by atoms with Crippen molar-refractivity contribution in [1.82, 2.24) is 9.97 Å². The van der Waals surface area contributed by atoms with Crippen molar-refractivity contribution in [3.8, 4) is 17.0 Å². The lowest BCUT2D eigenvalue weighted by Gasteiger charge is -2.25. The fraction of sp³-hybridized carbons (Fsp3) is 0.296. The fourth-order valence-corrected chi connectivity index (χ4v) is 4.70. The number of aromatic nitrogens is 2. The smallest absolute Gasteiger partial charge is 0.429 e. The van der Waals surface area contributed by atoms with Crippen LogP contribution in [0.2, 0.25) is 5.02 Å². The quantitative estimate of drug-likeness (QED) is 0.248. The van der Waals surface area contributed by atoms with Crippen LogP contribution in [-0.2, 0) is 4.79 Å². The van der Waals surface area contributed by atoms with Gasteiger partial charge in [0, 0.05) is 11.6 Å². The van der Waals surface area contributed by atoms with Crippen LogP contribution in [-0.4, -0.2) is 33.3 Å². The van der Waals surface area contributed by atoms with E-state index >= 15 is 0 Å². The Morgan fingerprint density at radius 1 is 1.18 bits per heavy atom. The van der Waals surface area contributed by atoms with Crippen LogP contribution in [0, 0.1) is 11.7 Å². The summed E-state index contributed by atoms with van der Waals surface area (Å²) in [5.74, 6) is -2.81. The molecule has 1 aliphatic rings. The number of hydrogen-bond donors (Lipinski definition) is 3. The molecule has 2 unspecified atom stereocenters. The molecule has 7 nitrogen and oxygen atoms in total. The summed E-state index contributed by atoms with van der Waals surface area (Å²) in [6.45, 7) is 0. The summed E-state index contributed by atoms with van der Waals surface area (Å²) in [6, 6.07) is 10.2. The minimum absolute atomic E-state index is 0. The third-order valence-electron chi connectivity index (χ3n) is 6.47. The van der Waals surface area contributed by atoms with Gasteiger partial charge in [0.05, 0.1) is 10.7 Å². The predicted molar refractivity (Wildman–Crippen MR) is 146 cm³/mol. The number of nitrogens with zero attached hydrogens (tertiary/aromatic N) is 2. The lowest BCUT2D eigenvalue weighted by molar-refractivity contribution is -0.198. The average Bonchev–Trinajstić information content (AvgIpc) is 2.88. The highest BCUT2D eigenvalue weighted by Gasteiger charge is 2.45. The molecule has 3 aromatic rings. The van der Waals surface area contributed by atoms with E-state index in [0.29, 0.717) is 42.9 Å². The Kier molecular flexibility index (Phi) is 9.99. The van der Waals surface area contributed by atoms with Gasteiger partial charge in [-0.05, 0) is 60.4 Å². The summed E-state index contributed by atoms with van der Waals surface area (Å²) < 4.78 is 62.9. The highest BCUT2D eigenvalue weighted by atomic mass is 35.5. The molecular formula is C27H26Cl2F4N4O3. The maximum atomic E-state index is 14.4. The number of ether oxygens (including phenoxy) is 1. The molecule has 0 spiro atoms. The number of carbonyl (C=O) groups is 1. The second-order valence-electron chi connectivity index (χ2n) is 9.26. The number of benzene rings is 2. The Hall–Kier alpha value is -3.41. The monoisotopic (exact) mass is 600 g/mol. The second kappa shape index (κ2) is 12.8. The van der Waals surface area contributed by atoms with E-state index in [1.165, 1.54) is 6.07 Å². The van der Waals surface area contributed by atoms with E-state index in [-0.39, 0.29) is 40.6 Å². The van der Waals surface area contributed by atoms with Crippen LogP contribution < -0.4 is 16.2 Å². The van der Waals surface area contributed by atoms with E-state index in [9.17, 15) is 22.4 Å². The minimum Gasteiger partial charge on any atom is -0.480 e. The maximum Gasteiger partial charge on any atom is 0.429 e. The van der Waals surface area contributed by atoms with Gasteiger partial charge in [-0.2, -0.15) is 18.2 Å². The van der Waals surface area contributed by atoms with Crippen molar-refractivity contribution >= 4 is 41.5 Å². The van der Waals surface area contributed by atoms with Crippen molar-refractivity contribution in [2.75, 3.05) is 5.73 Å². The zero-order valence-corrected chi connectivity index (χ0v) is 22.4. The number of carboxylic acid groups (broad SMARTS) is 1. The van der Waals surface area contributed by atoms with Gasteiger partial charge in [-0.3, -0.25) is 4.79 Å². The number of alkyl halides is 3. The van der Waals surface area contributed by atoms with Crippen LogP contribution in [0.15, 0.2) is 54.6 Å². The molecule has 40 heavy (non-hydrogen) atoms. The third kappa shape index (κ3) is 7.41. The first-order valence-electron chi connectivity index (χ1n) is 12.0. The van der Waals surface area contributed by atoms with Gasteiger partial charge in [0.25, 0.3) is 0 Å². The number of aliphatic carboxylic acids is 1. The minimum atomic E-state index is -4.95. The molecule has 13 heteroatoms. The van der Waals surface area contributed by atoms with Crippen molar-refractivity contribution < 1.29 is 32.2 Å². The largest absolute Gasteiger partial charge is 0.480 e. The Bertz CT molecular complexity index is 1390. The van der Waals surface area contributed by atoms with Gasteiger partial charge in [-0.25, -0.2) is 9.37 Å². The number of rotatable bonds is 8. The predicted octanol–water partition coefficient (Wildman–Crippen LogP) is 6.61. The number of allylic oxidation sites excluding steroid dienone is 2. The summed E-state index contributed by atoms with van der Waals surface area (Å²) >= 11 is 5.92. The summed E-state index contributed by atoms with van der Waals surface area (Å²) in [7, 11) is 0. The molecule has 4 rings (SSSR count). The van der Waals surface area contributed by atoms with Crippen LogP contribution in [0.5, 0.6) is 5.88 Å². The summed E-state index contributed by atoms with van der Waals surface area (Å²) in [6.07, 6.45) is -3.80. The van der Waals surface area contributed by atoms with Gasteiger partial charge < -0.3 is 21.3 Å². The van der Waals surface area contributed by atoms with E-state index in [1.54, 1.807) is 30.3 Å². The van der Waals surface area contributed by atoms with Crippen LogP contribution in [0.25, 0.3) is 16.7 Å². The molecule has 0 saturated heterocycles. The Morgan fingerprint density at radius 3 is 2.48 bits per heavy atom. The van der Waals surface area contributed by atoms with Gasteiger partial charge in [-0.15, -0.1) is 12.4 Å². The molecule has 0 bridgehead atoms. The first-order chi connectivity index (χ1) is 18.4. The van der Waals surface area contributed by atoms with Gasteiger partial charge in [-0.1, -0.05) is 48.0 Å². The first kappa shape index (κ1) is 31.1. The van der Waals surface area contributed by atoms with E-state index in [2.05, 4.69) is 9.97 Å². The van der Waals surface area contributed by atoms with Gasteiger partial charge in [0.2, 0.25) is 17.9 Å². The number of carboxylic acids is 1. The van der Waals surface area contributed by atoms with Crippen molar-refractivity contribution in [3.05, 3.63) is 76.7 Å². The highest BCUT2D eigenvalue weighted by molar-refractivity contribution is 6.31. The Labute approximate surface area is 238 Å². The number of nitrogens with two attached hydrogens (primary N) is 2. The van der Waals surface area contributed by atoms with Gasteiger partial charge in [0.15, 0.2) is 0 Å². The first-order valence-corrected chi connectivity index (χ1v) is 12.4. The van der Waals surface area contributed by atoms with Crippen molar-refractivity contribution in [2.24, 2.45) is 11.7 Å². The summed E-state index contributed by atoms with van der Waals surface area (Å²) in [4.78, 5) is 19.0. The molecular weight excluding hydrogens is 575 g/mol. The lowest BCUT2D eigenvalue weighted by atomic mass is 9.84. The van der Waals surface area contributed by atoms with Crippen LogP contribution >= 0.6 is 24.0 Å². The van der Waals surface area contributed by atoms with E-state index in [0.717, 1.165) is 6.07 Å². The lowest BCUT2D eigenvalue weighted by Crippen LogP contribution is -2.32.